The van der Waals surface area contributed by atoms with Crippen molar-refractivity contribution in [3.8, 4) is 5.75 Å². The molecule has 0 saturated carbocycles. The molecule has 13 heavy (non-hydrogen) atoms. The Balaban J connectivity index is 2.53. The summed E-state index contributed by atoms with van der Waals surface area (Å²) in [5.74, 6) is 0.876. The maximum absolute atomic E-state index is 5.43. The highest BCUT2D eigenvalue weighted by Gasteiger charge is 1.93. The Morgan fingerprint density at radius 2 is 2.00 bits per heavy atom. The fourth-order valence-electron chi connectivity index (χ4n) is 1.07. The van der Waals surface area contributed by atoms with Gasteiger partial charge in [-0.1, -0.05) is 24.8 Å². The van der Waals surface area contributed by atoms with Crippen LogP contribution in [0.1, 0.15) is 5.56 Å². The second kappa shape index (κ2) is 5.38. The van der Waals surface area contributed by atoms with Crippen LogP contribution in [0.3, 0.4) is 0 Å². The largest absolute Gasteiger partial charge is 0.490 e. The van der Waals surface area contributed by atoms with Crippen molar-refractivity contribution in [2.75, 3.05) is 13.2 Å². The summed E-state index contributed by atoms with van der Waals surface area (Å²) in [6.45, 7) is 4.82. The Bertz CT molecular complexity index is 253. The fraction of sp³-hybridized carbons (Fsp3) is 0.273. The van der Waals surface area contributed by atoms with Crippen LogP contribution < -0.4 is 10.5 Å². The lowest BCUT2D eigenvalue weighted by atomic mass is 10.1. The Hall–Kier alpha value is -1.28. The smallest absolute Gasteiger partial charge is 0.119 e. The van der Waals surface area contributed by atoms with E-state index in [-0.39, 0.29) is 0 Å². The summed E-state index contributed by atoms with van der Waals surface area (Å²) >= 11 is 0. The van der Waals surface area contributed by atoms with Gasteiger partial charge in [0.2, 0.25) is 0 Å². The number of benzene rings is 1. The van der Waals surface area contributed by atoms with Crippen LogP contribution in [0, 0.1) is 0 Å². The van der Waals surface area contributed by atoms with Crippen molar-refractivity contribution in [1.82, 2.24) is 0 Å². The lowest BCUT2D eigenvalue weighted by Crippen LogP contribution is -2.02. The standard InChI is InChI=1S/C11H15NO/c1-2-9-13-11-5-3-10(4-6-11)7-8-12/h2-6H,1,7-9,12H2. The molecule has 0 aromatic heterocycles. The van der Waals surface area contributed by atoms with Crippen LogP contribution in [0.2, 0.25) is 0 Å². The van der Waals surface area contributed by atoms with Gasteiger partial charge in [0.1, 0.15) is 12.4 Å². The first kappa shape index (κ1) is 9.81. The molecule has 0 heterocycles. The van der Waals surface area contributed by atoms with Crippen molar-refractivity contribution in [3.63, 3.8) is 0 Å². The molecule has 0 fully saturated rings. The Labute approximate surface area is 79.0 Å². The minimum Gasteiger partial charge on any atom is -0.490 e. The van der Waals surface area contributed by atoms with Gasteiger partial charge < -0.3 is 10.5 Å². The number of hydrogen-bond donors (Lipinski definition) is 1. The quantitative estimate of drug-likeness (QED) is 0.695. The first-order valence-corrected chi connectivity index (χ1v) is 4.39. The molecule has 0 aliphatic carbocycles. The first-order valence-electron chi connectivity index (χ1n) is 4.39. The lowest BCUT2D eigenvalue weighted by molar-refractivity contribution is 0.363. The summed E-state index contributed by atoms with van der Waals surface area (Å²) in [6.07, 6.45) is 2.65. The van der Waals surface area contributed by atoms with Gasteiger partial charge >= 0.3 is 0 Å². The van der Waals surface area contributed by atoms with Gasteiger partial charge in [-0.15, -0.1) is 0 Å². The molecule has 0 spiro atoms. The molecule has 0 saturated heterocycles. The number of hydrogen-bond acceptors (Lipinski definition) is 2. The highest BCUT2D eigenvalue weighted by Crippen LogP contribution is 2.11. The van der Waals surface area contributed by atoms with Crippen LogP contribution in [0.25, 0.3) is 0 Å². The summed E-state index contributed by atoms with van der Waals surface area (Å²) in [5, 5.41) is 0. The van der Waals surface area contributed by atoms with E-state index in [0.29, 0.717) is 13.2 Å². The first-order chi connectivity index (χ1) is 6.36. The zero-order chi connectivity index (χ0) is 9.52. The molecular weight excluding hydrogens is 162 g/mol. The molecule has 0 amide bonds. The molecule has 1 aromatic carbocycles. The van der Waals surface area contributed by atoms with Crippen molar-refractivity contribution < 1.29 is 4.74 Å². The number of nitrogens with two attached hydrogens (primary N) is 1. The van der Waals surface area contributed by atoms with E-state index in [1.165, 1.54) is 5.56 Å². The zero-order valence-corrected chi connectivity index (χ0v) is 7.70. The minimum atomic E-state index is 0.552. The summed E-state index contributed by atoms with van der Waals surface area (Å²) in [7, 11) is 0. The monoisotopic (exact) mass is 177 g/mol. The highest BCUT2D eigenvalue weighted by molar-refractivity contribution is 5.27. The molecule has 0 atom stereocenters. The van der Waals surface area contributed by atoms with E-state index >= 15 is 0 Å². The molecule has 0 bridgehead atoms. The molecule has 2 nitrogen and oxygen atoms in total. The summed E-state index contributed by atoms with van der Waals surface area (Å²) in [4.78, 5) is 0. The molecule has 1 aromatic rings. The van der Waals surface area contributed by atoms with E-state index in [9.17, 15) is 0 Å². The van der Waals surface area contributed by atoms with E-state index in [1.54, 1.807) is 6.08 Å². The molecule has 0 aliphatic rings. The highest BCUT2D eigenvalue weighted by atomic mass is 16.5. The van der Waals surface area contributed by atoms with Gasteiger partial charge in [-0.05, 0) is 30.7 Å². The maximum atomic E-state index is 5.43. The van der Waals surface area contributed by atoms with Crippen molar-refractivity contribution in [3.05, 3.63) is 42.5 Å². The molecule has 2 N–H and O–H groups in total. The van der Waals surface area contributed by atoms with E-state index < -0.39 is 0 Å². The molecule has 0 unspecified atom stereocenters. The van der Waals surface area contributed by atoms with E-state index in [2.05, 4.69) is 6.58 Å². The van der Waals surface area contributed by atoms with E-state index in [1.807, 2.05) is 24.3 Å². The van der Waals surface area contributed by atoms with Crippen molar-refractivity contribution in [2.45, 2.75) is 6.42 Å². The second-order valence-electron chi connectivity index (χ2n) is 2.78. The SMILES string of the molecule is C=CCOc1ccc(CCN)cc1. The van der Waals surface area contributed by atoms with Gasteiger partial charge in [-0.25, -0.2) is 0 Å². The Morgan fingerprint density at radius 3 is 2.54 bits per heavy atom. The van der Waals surface area contributed by atoms with Gasteiger partial charge in [0.15, 0.2) is 0 Å². The molecule has 0 radical (unpaired) electrons. The molecule has 2 heteroatoms. The summed E-state index contributed by atoms with van der Waals surface area (Å²) in [6, 6.07) is 7.97. The van der Waals surface area contributed by atoms with Crippen molar-refractivity contribution in [2.24, 2.45) is 5.73 Å². The topological polar surface area (TPSA) is 35.2 Å². The second-order valence-corrected chi connectivity index (χ2v) is 2.78. The number of rotatable bonds is 5. The normalized spacial score (nSPS) is 9.62. The predicted molar refractivity (Wildman–Crippen MR) is 54.9 cm³/mol. The average molecular weight is 177 g/mol. The third-order valence-corrected chi connectivity index (χ3v) is 1.72. The molecule has 1 rings (SSSR count). The maximum Gasteiger partial charge on any atom is 0.119 e. The molecule has 0 aliphatic heterocycles. The van der Waals surface area contributed by atoms with E-state index in [0.717, 1.165) is 12.2 Å². The van der Waals surface area contributed by atoms with Crippen LogP contribution in [-0.2, 0) is 6.42 Å². The van der Waals surface area contributed by atoms with Crippen molar-refractivity contribution >= 4 is 0 Å². The van der Waals surface area contributed by atoms with Gasteiger partial charge in [0.25, 0.3) is 0 Å². The van der Waals surface area contributed by atoms with Crippen LogP contribution >= 0.6 is 0 Å². The van der Waals surface area contributed by atoms with Crippen molar-refractivity contribution in [1.29, 1.82) is 0 Å². The van der Waals surface area contributed by atoms with Crippen LogP contribution in [0.4, 0.5) is 0 Å². The average Bonchev–Trinajstić information content (AvgIpc) is 2.17. The third-order valence-electron chi connectivity index (χ3n) is 1.72. The number of ether oxygens (including phenoxy) is 1. The third kappa shape index (κ3) is 3.30. The summed E-state index contributed by atoms with van der Waals surface area (Å²) in [5.41, 5.74) is 6.68. The minimum absolute atomic E-state index is 0.552. The molecular formula is C11H15NO. The molecule has 70 valence electrons. The van der Waals surface area contributed by atoms with Gasteiger partial charge in [-0.2, -0.15) is 0 Å². The lowest BCUT2D eigenvalue weighted by Gasteiger charge is -2.03. The predicted octanol–water partition coefficient (Wildman–Crippen LogP) is 1.75. The zero-order valence-electron chi connectivity index (χ0n) is 7.70. The Kier molecular flexibility index (Phi) is 4.06. The van der Waals surface area contributed by atoms with E-state index in [4.69, 9.17) is 10.5 Å². The summed E-state index contributed by atoms with van der Waals surface area (Å²) < 4.78 is 5.34. The van der Waals surface area contributed by atoms with Gasteiger partial charge in [-0.3, -0.25) is 0 Å². The van der Waals surface area contributed by atoms with Gasteiger partial charge in [0.05, 0.1) is 0 Å². The fourth-order valence-corrected chi connectivity index (χ4v) is 1.07. The van der Waals surface area contributed by atoms with Crippen LogP contribution in [0.5, 0.6) is 5.75 Å². The Morgan fingerprint density at radius 1 is 1.31 bits per heavy atom. The van der Waals surface area contributed by atoms with Crippen LogP contribution in [-0.4, -0.2) is 13.2 Å². The van der Waals surface area contributed by atoms with Crippen LogP contribution in [0.15, 0.2) is 36.9 Å². The van der Waals surface area contributed by atoms with Gasteiger partial charge in [0, 0.05) is 0 Å².